The summed E-state index contributed by atoms with van der Waals surface area (Å²) in [5.74, 6) is -1.26. The summed E-state index contributed by atoms with van der Waals surface area (Å²) in [5.41, 5.74) is -2.07. The molecule has 1 aliphatic heterocycles. The zero-order valence-electron chi connectivity index (χ0n) is 17.5. The minimum Gasteiger partial charge on any atom is -0.297 e. The van der Waals surface area contributed by atoms with Crippen LogP contribution in [0, 0.1) is 5.92 Å². The van der Waals surface area contributed by atoms with Crippen molar-refractivity contribution in [2.45, 2.75) is 48.7 Å². The first-order valence-corrected chi connectivity index (χ1v) is 11.3. The van der Waals surface area contributed by atoms with Crippen LogP contribution in [0.1, 0.15) is 37.8 Å². The van der Waals surface area contributed by atoms with Crippen LogP contribution in [0.4, 0.5) is 32.2 Å². The van der Waals surface area contributed by atoms with Crippen LogP contribution >= 0.6 is 0 Å². The van der Waals surface area contributed by atoms with E-state index in [-0.39, 0.29) is 25.2 Å². The average Bonchev–Trinajstić information content (AvgIpc) is 2.72. The fourth-order valence-corrected chi connectivity index (χ4v) is 5.53. The van der Waals surface area contributed by atoms with Crippen molar-refractivity contribution in [3.8, 4) is 0 Å². The number of pyridine rings is 1. The van der Waals surface area contributed by atoms with Gasteiger partial charge < -0.3 is 0 Å². The van der Waals surface area contributed by atoms with Crippen molar-refractivity contribution in [1.29, 1.82) is 0 Å². The summed E-state index contributed by atoms with van der Waals surface area (Å²) in [4.78, 5) is 17.1. The predicted octanol–water partition coefficient (Wildman–Crippen LogP) is 5.11. The highest BCUT2D eigenvalue weighted by Crippen LogP contribution is 2.40. The van der Waals surface area contributed by atoms with Crippen molar-refractivity contribution >= 4 is 21.6 Å². The number of piperidine rings is 1. The lowest BCUT2D eigenvalue weighted by Gasteiger charge is -2.39. The molecule has 1 saturated heterocycles. The van der Waals surface area contributed by atoms with Gasteiger partial charge in [-0.1, -0.05) is 6.07 Å². The molecule has 33 heavy (non-hydrogen) atoms. The Morgan fingerprint density at radius 2 is 1.61 bits per heavy atom. The SMILES string of the molecule is CC(C)(C1CCN(c2ccc(C(F)(F)F)cn2)C(=O)C1)S(=O)(=O)c1cccc(C(F)(F)F)c1. The summed E-state index contributed by atoms with van der Waals surface area (Å²) in [6.45, 7) is 2.71. The number of hydrogen-bond donors (Lipinski definition) is 0. The number of anilines is 1. The van der Waals surface area contributed by atoms with Crippen LogP contribution in [-0.2, 0) is 27.0 Å². The molecule has 1 amide bonds. The van der Waals surface area contributed by atoms with E-state index in [2.05, 4.69) is 4.98 Å². The summed E-state index contributed by atoms with van der Waals surface area (Å²) < 4.78 is 102. The smallest absolute Gasteiger partial charge is 0.297 e. The number of nitrogens with zero attached hydrogens (tertiary/aromatic N) is 2. The van der Waals surface area contributed by atoms with Gasteiger partial charge in [0.05, 0.1) is 20.8 Å². The number of carbonyl (C=O) groups excluding carboxylic acids is 1. The highest BCUT2D eigenvalue weighted by Gasteiger charge is 2.46. The first-order valence-electron chi connectivity index (χ1n) is 9.80. The first kappa shape index (κ1) is 25.0. The monoisotopic (exact) mass is 494 g/mol. The maximum Gasteiger partial charge on any atom is 0.417 e. The minimum atomic E-state index is -4.72. The van der Waals surface area contributed by atoms with E-state index in [1.165, 1.54) is 18.7 Å². The van der Waals surface area contributed by atoms with Crippen molar-refractivity contribution in [1.82, 2.24) is 4.98 Å². The second-order valence-corrected chi connectivity index (χ2v) is 10.8. The molecule has 0 saturated carbocycles. The van der Waals surface area contributed by atoms with Gasteiger partial charge in [-0.25, -0.2) is 13.4 Å². The molecule has 2 heterocycles. The molecule has 0 N–H and O–H groups in total. The Morgan fingerprint density at radius 3 is 2.12 bits per heavy atom. The minimum absolute atomic E-state index is 0.00338. The molecular weight excluding hydrogens is 474 g/mol. The molecule has 5 nitrogen and oxygen atoms in total. The van der Waals surface area contributed by atoms with E-state index >= 15 is 0 Å². The summed E-state index contributed by atoms with van der Waals surface area (Å²) in [7, 11) is -4.26. The zero-order chi connectivity index (χ0) is 24.8. The second-order valence-electron chi connectivity index (χ2n) is 8.27. The molecule has 1 atom stereocenters. The quantitative estimate of drug-likeness (QED) is 0.554. The standard InChI is InChI=1S/C21H20F6N2O3S/c1-19(2,33(31,32)16-5-3-4-14(10-16)20(22,23)24)13-8-9-29(18(30)11-13)17-7-6-15(12-28-17)21(25,26)27/h3-7,10,12-13H,8-9,11H2,1-2H3. The molecule has 0 radical (unpaired) electrons. The molecule has 1 aromatic carbocycles. The summed E-state index contributed by atoms with van der Waals surface area (Å²) >= 11 is 0. The number of alkyl halides is 6. The second kappa shape index (κ2) is 8.30. The van der Waals surface area contributed by atoms with Gasteiger partial charge in [-0.05, 0) is 56.5 Å². The number of sulfone groups is 1. The van der Waals surface area contributed by atoms with Crippen LogP contribution in [0.2, 0.25) is 0 Å². The number of halogens is 6. The lowest BCUT2D eigenvalue weighted by Crippen LogP contribution is -2.48. The molecule has 0 bridgehead atoms. The Kier molecular flexibility index (Phi) is 6.29. The van der Waals surface area contributed by atoms with Gasteiger partial charge in [-0.15, -0.1) is 0 Å². The molecule has 1 aromatic heterocycles. The number of aromatic nitrogens is 1. The molecule has 180 valence electrons. The predicted molar refractivity (Wildman–Crippen MR) is 107 cm³/mol. The fraction of sp³-hybridized carbons (Fsp3) is 0.429. The van der Waals surface area contributed by atoms with Gasteiger partial charge >= 0.3 is 12.4 Å². The lowest BCUT2D eigenvalue weighted by atomic mass is 9.85. The van der Waals surface area contributed by atoms with E-state index in [1.54, 1.807) is 0 Å². The number of carbonyl (C=O) groups is 1. The molecule has 12 heteroatoms. The number of amides is 1. The van der Waals surface area contributed by atoms with Crippen molar-refractivity contribution in [3.63, 3.8) is 0 Å². The van der Waals surface area contributed by atoms with Crippen LogP contribution in [-0.4, -0.2) is 30.6 Å². The highest BCUT2D eigenvalue weighted by molar-refractivity contribution is 7.92. The summed E-state index contributed by atoms with van der Waals surface area (Å²) in [5, 5.41) is 0. The molecule has 1 fully saturated rings. The molecule has 0 spiro atoms. The highest BCUT2D eigenvalue weighted by atomic mass is 32.2. The van der Waals surface area contributed by atoms with E-state index < -0.39 is 54.8 Å². The van der Waals surface area contributed by atoms with Gasteiger partial charge in [0, 0.05) is 19.2 Å². The third kappa shape index (κ3) is 4.85. The maximum absolute atomic E-state index is 13.2. The van der Waals surface area contributed by atoms with Crippen molar-refractivity contribution in [2.24, 2.45) is 5.92 Å². The molecular formula is C21H20F6N2O3S. The Labute approximate surface area is 186 Å². The Balaban J connectivity index is 1.82. The van der Waals surface area contributed by atoms with Gasteiger partial charge in [0.25, 0.3) is 0 Å². The van der Waals surface area contributed by atoms with Crippen LogP contribution in [0.25, 0.3) is 0 Å². The zero-order valence-corrected chi connectivity index (χ0v) is 18.4. The number of hydrogen-bond acceptors (Lipinski definition) is 4. The largest absolute Gasteiger partial charge is 0.417 e. The van der Waals surface area contributed by atoms with E-state index in [4.69, 9.17) is 0 Å². The van der Waals surface area contributed by atoms with Crippen LogP contribution in [0.3, 0.4) is 0 Å². The van der Waals surface area contributed by atoms with Crippen molar-refractivity contribution < 1.29 is 39.6 Å². The van der Waals surface area contributed by atoms with Crippen molar-refractivity contribution in [2.75, 3.05) is 11.4 Å². The average molecular weight is 494 g/mol. The topological polar surface area (TPSA) is 67.3 Å². The van der Waals surface area contributed by atoms with Gasteiger partial charge in [0.1, 0.15) is 5.82 Å². The van der Waals surface area contributed by atoms with Crippen LogP contribution < -0.4 is 4.90 Å². The van der Waals surface area contributed by atoms with Gasteiger partial charge in [-0.3, -0.25) is 9.69 Å². The first-order chi connectivity index (χ1) is 15.0. The van der Waals surface area contributed by atoms with Gasteiger partial charge in [-0.2, -0.15) is 26.3 Å². The van der Waals surface area contributed by atoms with Crippen molar-refractivity contribution in [3.05, 3.63) is 53.7 Å². The van der Waals surface area contributed by atoms with E-state index in [0.717, 1.165) is 30.3 Å². The summed E-state index contributed by atoms with van der Waals surface area (Å²) in [6, 6.07) is 5.28. The van der Waals surface area contributed by atoms with Crippen LogP contribution in [0.5, 0.6) is 0 Å². The Hall–Kier alpha value is -2.63. The number of benzene rings is 1. The molecule has 2 aromatic rings. The fourth-order valence-electron chi connectivity index (χ4n) is 3.74. The van der Waals surface area contributed by atoms with Gasteiger partial charge in [0.15, 0.2) is 9.84 Å². The third-order valence-electron chi connectivity index (χ3n) is 5.92. The van der Waals surface area contributed by atoms with Gasteiger partial charge in [0.2, 0.25) is 5.91 Å². The third-order valence-corrected chi connectivity index (χ3v) is 8.52. The van der Waals surface area contributed by atoms with Crippen LogP contribution in [0.15, 0.2) is 47.5 Å². The number of rotatable bonds is 4. The molecule has 0 aliphatic carbocycles. The Bertz CT molecular complexity index is 1140. The molecule has 1 aliphatic rings. The molecule has 1 unspecified atom stereocenters. The molecule has 3 rings (SSSR count). The lowest BCUT2D eigenvalue weighted by molar-refractivity contribution is -0.138. The maximum atomic E-state index is 13.2. The van der Waals surface area contributed by atoms with E-state index in [1.807, 2.05) is 0 Å². The van der Waals surface area contributed by atoms with E-state index in [0.29, 0.717) is 12.3 Å². The van der Waals surface area contributed by atoms with E-state index in [9.17, 15) is 39.6 Å². The normalized spacial score (nSPS) is 18.5. The summed E-state index contributed by atoms with van der Waals surface area (Å²) in [6.07, 6.45) is -8.78. The Morgan fingerprint density at radius 1 is 0.970 bits per heavy atom.